The normalized spacial score (nSPS) is 24.6. The molecule has 138 valence electrons. The predicted octanol–water partition coefficient (Wildman–Crippen LogP) is 4.15. The van der Waals surface area contributed by atoms with Crippen molar-refractivity contribution < 1.29 is 8.42 Å². The summed E-state index contributed by atoms with van der Waals surface area (Å²) in [6.07, 6.45) is 0. The molecule has 0 aromatic heterocycles. The molecule has 4 rings (SSSR count). The fraction of sp³-hybridized carbons (Fsp3) is 0.400. The molecule has 0 amide bonds. The second kappa shape index (κ2) is 6.08. The number of halogens is 1. The lowest BCUT2D eigenvalue weighted by Crippen LogP contribution is -2.45. The van der Waals surface area contributed by atoms with Crippen LogP contribution in [-0.4, -0.2) is 31.9 Å². The van der Waals surface area contributed by atoms with Crippen LogP contribution in [0.5, 0.6) is 0 Å². The van der Waals surface area contributed by atoms with Gasteiger partial charge in [-0.25, -0.2) is 8.42 Å². The maximum atomic E-state index is 13.1. The molecule has 2 aliphatic rings. The Balaban J connectivity index is 1.68. The summed E-state index contributed by atoms with van der Waals surface area (Å²) in [6.45, 7) is 7.44. The third kappa shape index (κ3) is 2.79. The molecule has 1 fully saturated rings. The zero-order valence-corrected chi connectivity index (χ0v) is 17.6. The fourth-order valence-corrected chi connectivity index (χ4v) is 6.13. The molecule has 0 aliphatic carbocycles. The van der Waals surface area contributed by atoms with Crippen molar-refractivity contribution in [2.75, 3.05) is 18.4 Å². The summed E-state index contributed by atoms with van der Waals surface area (Å²) in [6, 6.07) is 13.5. The van der Waals surface area contributed by atoms with Crippen LogP contribution in [0.15, 0.2) is 51.8 Å². The molecule has 2 heterocycles. The van der Waals surface area contributed by atoms with Crippen LogP contribution in [-0.2, 0) is 15.4 Å². The summed E-state index contributed by atoms with van der Waals surface area (Å²) < 4.78 is 28.9. The Morgan fingerprint density at radius 1 is 1.12 bits per heavy atom. The molecule has 0 spiro atoms. The van der Waals surface area contributed by atoms with Gasteiger partial charge in [0.15, 0.2) is 0 Å². The van der Waals surface area contributed by atoms with Crippen LogP contribution in [0, 0.1) is 12.8 Å². The van der Waals surface area contributed by atoms with Crippen LogP contribution in [0.1, 0.15) is 25.0 Å². The minimum atomic E-state index is -3.48. The van der Waals surface area contributed by atoms with Gasteiger partial charge in [0.2, 0.25) is 10.0 Å². The fourth-order valence-electron chi connectivity index (χ4n) is 4.28. The monoisotopic (exact) mass is 434 g/mol. The minimum absolute atomic E-state index is 0.105. The zero-order valence-electron chi connectivity index (χ0n) is 15.2. The maximum absolute atomic E-state index is 13.1. The average Bonchev–Trinajstić information content (AvgIpc) is 3.02. The first kappa shape index (κ1) is 18.0. The second-order valence-electron chi connectivity index (χ2n) is 7.90. The third-order valence-electron chi connectivity index (χ3n) is 5.89. The largest absolute Gasteiger partial charge is 0.380 e. The van der Waals surface area contributed by atoms with Crippen molar-refractivity contribution in [3.05, 3.63) is 58.1 Å². The smallest absolute Gasteiger partial charge is 0.243 e. The molecule has 1 saturated heterocycles. The molecule has 0 unspecified atom stereocenters. The lowest BCUT2D eigenvalue weighted by molar-refractivity contribution is 0.304. The van der Waals surface area contributed by atoms with Crippen molar-refractivity contribution in [2.24, 2.45) is 5.92 Å². The molecule has 2 atom stereocenters. The number of benzene rings is 2. The Morgan fingerprint density at radius 3 is 2.50 bits per heavy atom. The van der Waals surface area contributed by atoms with E-state index in [1.54, 1.807) is 16.4 Å². The standard InChI is InChI=1S/C20H23BrN2O2S/c1-13-4-7-15(8-5-13)26(24,25)23-11-17-19(12-23)22-18-9-6-14(21)10-16(18)20(17,2)3/h4-10,17,19,22H,11-12H2,1-3H3/t17-,19+/m0/s1. The van der Waals surface area contributed by atoms with Gasteiger partial charge in [-0.05, 0) is 48.2 Å². The Hall–Kier alpha value is -1.37. The first-order valence-corrected chi connectivity index (χ1v) is 11.1. The van der Waals surface area contributed by atoms with Gasteiger partial charge in [-0.1, -0.05) is 47.5 Å². The summed E-state index contributed by atoms with van der Waals surface area (Å²) >= 11 is 3.56. The van der Waals surface area contributed by atoms with E-state index in [4.69, 9.17) is 0 Å². The molecular formula is C20H23BrN2O2S. The van der Waals surface area contributed by atoms with Gasteiger partial charge in [0.1, 0.15) is 0 Å². The van der Waals surface area contributed by atoms with Gasteiger partial charge in [-0.3, -0.25) is 0 Å². The van der Waals surface area contributed by atoms with Gasteiger partial charge in [0.25, 0.3) is 0 Å². The number of fused-ring (bicyclic) bond motifs is 2. The van der Waals surface area contributed by atoms with Crippen LogP contribution >= 0.6 is 15.9 Å². The molecule has 2 aromatic rings. The lowest BCUT2D eigenvalue weighted by atomic mass is 9.68. The van der Waals surface area contributed by atoms with Crippen molar-refractivity contribution in [2.45, 2.75) is 37.1 Å². The van der Waals surface area contributed by atoms with E-state index in [-0.39, 0.29) is 17.4 Å². The van der Waals surface area contributed by atoms with E-state index in [1.165, 1.54) is 5.56 Å². The van der Waals surface area contributed by atoms with Crippen molar-refractivity contribution in [1.82, 2.24) is 4.31 Å². The van der Waals surface area contributed by atoms with Crippen LogP contribution < -0.4 is 5.32 Å². The maximum Gasteiger partial charge on any atom is 0.243 e. The second-order valence-corrected chi connectivity index (χ2v) is 10.8. The SMILES string of the molecule is Cc1ccc(S(=O)(=O)N2C[C@H]3Nc4ccc(Br)cc4C(C)(C)[C@H]3C2)cc1. The number of aryl methyl sites for hydroxylation is 1. The number of sulfonamides is 1. The first-order chi connectivity index (χ1) is 12.2. The van der Waals surface area contributed by atoms with E-state index in [0.29, 0.717) is 18.0 Å². The van der Waals surface area contributed by atoms with E-state index in [0.717, 1.165) is 15.7 Å². The summed E-state index contributed by atoms with van der Waals surface area (Å²) in [5.74, 6) is 0.226. The third-order valence-corrected chi connectivity index (χ3v) is 8.23. The summed E-state index contributed by atoms with van der Waals surface area (Å²) in [4.78, 5) is 0.375. The Bertz CT molecular complexity index is 954. The highest BCUT2D eigenvalue weighted by Gasteiger charge is 2.50. The lowest BCUT2D eigenvalue weighted by Gasteiger charge is -2.42. The Labute approximate surface area is 163 Å². The van der Waals surface area contributed by atoms with Gasteiger partial charge in [0.05, 0.1) is 4.90 Å². The highest BCUT2D eigenvalue weighted by Crippen LogP contribution is 2.47. The number of hydrogen-bond acceptors (Lipinski definition) is 3. The number of nitrogens with one attached hydrogen (secondary N) is 1. The summed E-state index contributed by atoms with van der Waals surface area (Å²) in [5, 5.41) is 3.58. The van der Waals surface area contributed by atoms with E-state index in [9.17, 15) is 8.42 Å². The van der Waals surface area contributed by atoms with Crippen molar-refractivity contribution in [1.29, 1.82) is 0 Å². The molecule has 0 saturated carbocycles. The van der Waals surface area contributed by atoms with Gasteiger partial charge < -0.3 is 5.32 Å². The molecule has 0 bridgehead atoms. The zero-order chi connectivity index (χ0) is 18.7. The highest BCUT2D eigenvalue weighted by atomic mass is 79.9. The molecule has 2 aromatic carbocycles. The molecule has 6 heteroatoms. The summed E-state index contributed by atoms with van der Waals surface area (Å²) in [7, 11) is -3.48. The number of nitrogens with zero attached hydrogens (tertiary/aromatic N) is 1. The van der Waals surface area contributed by atoms with Gasteiger partial charge in [-0.15, -0.1) is 0 Å². The quantitative estimate of drug-likeness (QED) is 0.771. The first-order valence-electron chi connectivity index (χ1n) is 8.83. The van der Waals surface area contributed by atoms with E-state index in [1.807, 2.05) is 25.1 Å². The molecule has 2 aliphatic heterocycles. The minimum Gasteiger partial charge on any atom is -0.380 e. The van der Waals surface area contributed by atoms with Crippen LogP contribution in [0.25, 0.3) is 0 Å². The molecule has 0 radical (unpaired) electrons. The van der Waals surface area contributed by atoms with E-state index in [2.05, 4.69) is 47.2 Å². The molecule has 4 nitrogen and oxygen atoms in total. The van der Waals surface area contributed by atoms with Gasteiger partial charge >= 0.3 is 0 Å². The molecule has 1 N–H and O–H groups in total. The number of rotatable bonds is 2. The van der Waals surface area contributed by atoms with Gasteiger partial charge in [0, 0.05) is 35.2 Å². The topological polar surface area (TPSA) is 49.4 Å². The van der Waals surface area contributed by atoms with Crippen LogP contribution in [0.3, 0.4) is 0 Å². The van der Waals surface area contributed by atoms with Crippen molar-refractivity contribution >= 4 is 31.6 Å². The van der Waals surface area contributed by atoms with E-state index < -0.39 is 10.0 Å². The highest BCUT2D eigenvalue weighted by molar-refractivity contribution is 9.10. The van der Waals surface area contributed by atoms with Crippen molar-refractivity contribution in [3.63, 3.8) is 0 Å². The van der Waals surface area contributed by atoms with Gasteiger partial charge in [-0.2, -0.15) is 4.31 Å². The van der Waals surface area contributed by atoms with E-state index >= 15 is 0 Å². The Kier molecular flexibility index (Phi) is 4.21. The number of anilines is 1. The molecular weight excluding hydrogens is 412 g/mol. The average molecular weight is 435 g/mol. The summed E-state index contributed by atoms with van der Waals surface area (Å²) in [5.41, 5.74) is 3.30. The van der Waals surface area contributed by atoms with Crippen molar-refractivity contribution in [3.8, 4) is 0 Å². The van der Waals surface area contributed by atoms with Crippen LogP contribution in [0.4, 0.5) is 5.69 Å². The Morgan fingerprint density at radius 2 is 1.81 bits per heavy atom. The molecule has 26 heavy (non-hydrogen) atoms. The van der Waals surface area contributed by atoms with Crippen LogP contribution in [0.2, 0.25) is 0 Å². The predicted molar refractivity (Wildman–Crippen MR) is 108 cm³/mol. The number of hydrogen-bond donors (Lipinski definition) is 1.